The second kappa shape index (κ2) is 13.0. The maximum Gasteiger partial charge on any atom is 0.124 e. The third-order valence-electron chi connectivity index (χ3n) is 4.59. The van der Waals surface area contributed by atoms with Crippen molar-refractivity contribution in [3.63, 3.8) is 0 Å². The summed E-state index contributed by atoms with van der Waals surface area (Å²) in [6, 6.07) is 12.7. The van der Waals surface area contributed by atoms with Gasteiger partial charge in [-0.3, -0.25) is 4.90 Å². The lowest BCUT2D eigenvalue weighted by atomic mass is 10.0. The van der Waals surface area contributed by atoms with E-state index in [0.29, 0.717) is 6.61 Å². The van der Waals surface area contributed by atoms with Crippen molar-refractivity contribution >= 4 is 35.6 Å². The molecule has 0 radical (unpaired) electrons. The van der Waals surface area contributed by atoms with Crippen LogP contribution in [0.4, 0.5) is 0 Å². The van der Waals surface area contributed by atoms with E-state index in [-0.39, 0.29) is 24.8 Å². The van der Waals surface area contributed by atoms with Gasteiger partial charge >= 0.3 is 0 Å². The average Bonchev–Trinajstić information content (AvgIpc) is 2.67. The fourth-order valence-electron chi connectivity index (χ4n) is 3.25. The molecule has 1 saturated heterocycles. The number of rotatable bonds is 9. The number of fused-ring (bicyclic) bond motifs is 1. The Balaban J connectivity index is 0.00000182. The summed E-state index contributed by atoms with van der Waals surface area (Å²) in [7, 11) is 0. The van der Waals surface area contributed by atoms with E-state index in [4.69, 9.17) is 9.47 Å². The molecule has 0 amide bonds. The molecule has 1 heterocycles. The van der Waals surface area contributed by atoms with Gasteiger partial charge in [0, 0.05) is 25.2 Å². The molecule has 1 N–H and O–H groups in total. The summed E-state index contributed by atoms with van der Waals surface area (Å²) in [6.07, 6.45) is 2.93. The van der Waals surface area contributed by atoms with Gasteiger partial charge in [-0.05, 0) is 36.3 Å². The van der Waals surface area contributed by atoms with Crippen LogP contribution in [0.5, 0.6) is 5.75 Å². The molecule has 0 unspecified atom stereocenters. The normalized spacial score (nSPS) is 14.2. The first kappa shape index (κ1) is 23.7. The monoisotopic (exact) mass is 412 g/mol. The van der Waals surface area contributed by atoms with E-state index >= 15 is 0 Å². The summed E-state index contributed by atoms with van der Waals surface area (Å²) >= 11 is 0. The molecule has 0 atom stereocenters. The second-order valence-electron chi connectivity index (χ2n) is 6.35. The predicted molar refractivity (Wildman–Crippen MR) is 118 cm³/mol. The Morgan fingerprint density at radius 2 is 1.89 bits per heavy atom. The molecule has 150 valence electrons. The lowest BCUT2D eigenvalue weighted by molar-refractivity contribution is 0.0374. The first-order chi connectivity index (χ1) is 12.4. The lowest BCUT2D eigenvalue weighted by Crippen LogP contribution is -2.37. The van der Waals surface area contributed by atoms with E-state index in [2.05, 4.69) is 53.2 Å². The van der Waals surface area contributed by atoms with Gasteiger partial charge in [-0.25, -0.2) is 0 Å². The maximum atomic E-state index is 5.87. The third-order valence-corrected chi connectivity index (χ3v) is 4.59. The zero-order valence-electron chi connectivity index (χ0n) is 15.7. The van der Waals surface area contributed by atoms with Crippen molar-refractivity contribution in [2.45, 2.75) is 13.0 Å². The van der Waals surface area contributed by atoms with E-state index in [1.807, 2.05) is 0 Å². The number of morpholine rings is 1. The summed E-state index contributed by atoms with van der Waals surface area (Å²) < 4.78 is 11.3. The number of hydrogen-bond acceptors (Lipinski definition) is 4. The molecule has 6 heteroatoms. The van der Waals surface area contributed by atoms with E-state index in [1.54, 1.807) is 6.08 Å². The highest BCUT2D eigenvalue weighted by Crippen LogP contribution is 2.28. The summed E-state index contributed by atoms with van der Waals surface area (Å²) in [5.74, 6) is 0.944. The molecule has 0 aliphatic carbocycles. The summed E-state index contributed by atoms with van der Waals surface area (Å²) in [6.45, 7) is 11.1. The van der Waals surface area contributed by atoms with E-state index in [9.17, 15) is 0 Å². The molecule has 0 spiro atoms. The Bertz CT molecular complexity index is 691. The van der Waals surface area contributed by atoms with Crippen LogP contribution in [0.25, 0.3) is 10.8 Å². The third kappa shape index (κ3) is 6.98. The van der Waals surface area contributed by atoms with Gasteiger partial charge in [-0.2, -0.15) is 0 Å². The van der Waals surface area contributed by atoms with Gasteiger partial charge in [0.1, 0.15) is 12.4 Å². The van der Waals surface area contributed by atoms with Gasteiger partial charge in [-0.1, -0.05) is 43.0 Å². The highest BCUT2D eigenvalue weighted by molar-refractivity contribution is 5.87. The number of benzene rings is 2. The van der Waals surface area contributed by atoms with E-state index in [1.165, 1.54) is 16.3 Å². The first-order valence-corrected chi connectivity index (χ1v) is 9.13. The number of ether oxygens (including phenoxy) is 2. The molecule has 27 heavy (non-hydrogen) atoms. The van der Waals surface area contributed by atoms with Crippen molar-refractivity contribution in [1.29, 1.82) is 0 Å². The number of nitrogens with zero attached hydrogens (tertiary/aromatic N) is 1. The lowest BCUT2D eigenvalue weighted by Gasteiger charge is -2.26. The SMILES string of the molecule is C=CCOc1ccc2ccccc2c1CNCCCN1CCOCC1.Cl.Cl. The van der Waals surface area contributed by atoms with Crippen LogP contribution in [0.1, 0.15) is 12.0 Å². The van der Waals surface area contributed by atoms with Crippen molar-refractivity contribution in [2.24, 2.45) is 0 Å². The van der Waals surface area contributed by atoms with Crippen molar-refractivity contribution < 1.29 is 9.47 Å². The standard InChI is InChI=1S/C21H28N2O2.2ClH/c1-2-14-25-21-9-8-18-6-3-4-7-19(18)20(21)17-22-10-5-11-23-12-15-24-16-13-23;;/h2-4,6-9,22H,1,5,10-17H2;2*1H. The Kier molecular flexibility index (Phi) is 11.4. The topological polar surface area (TPSA) is 33.7 Å². The van der Waals surface area contributed by atoms with Crippen LogP contribution < -0.4 is 10.1 Å². The van der Waals surface area contributed by atoms with Crippen LogP contribution in [0.15, 0.2) is 49.1 Å². The molecule has 2 aromatic carbocycles. The first-order valence-electron chi connectivity index (χ1n) is 9.13. The maximum absolute atomic E-state index is 5.87. The minimum absolute atomic E-state index is 0. The number of nitrogens with one attached hydrogen (secondary N) is 1. The van der Waals surface area contributed by atoms with Gasteiger partial charge in [-0.15, -0.1) is 24.8 Å². The molecule has 3 rings (SSSR count). The molecule has 0 saturated carbocycles. The largest absolute Gasteiger partial charge is 0.489 e. The molecular weight excluding hydrogens is 383 g/mol. The Morgan fingerprint density at radius 3 is 2.67 bits per heavy atom. The molecular formula is C21H30Cl2N2O2. The highest BCUT2D eigenvalue weighted by Gasteiger charge is 2.10. The number of hydrogen-bond donors (Lipinski definition) is 1. The van der Waals surface area contributed by atoms with Gasteiger partial charge < -0.3 is 14.8 Å². The van der Waals surface area contributed by atoms with E-state index in [0.717, 1.165) is 58.1 Å². The zero-order valence-corrected chi connectivity index (χ0v) is 17.3. The van der Waals surface area contributed by atoms with Crippen LogP contribution in [-0.2, 0) is 11.3 Å². The Hall–Kier alpha value is -1.30. The minimum Gasteiger partial charge on any atom is -0.489 e. The van der Waals surface area contributed by atoms with Crippen LogP contribution in [-0.4, -0.2) is 50.9 Å². The van der Waals surface area contributed by atoms with Crippen LogP contribution in [0.2, 0.25) is 0 Å². The number of halogens is 2. The summed E-state index contributed by atoms with van der Waals surface area (Å²) in [4.78, 5) is 2.47. The smallest absolute Gasteiger partial charge is 0.124 e. The van der Waals surface area contributed by atoms with Crippen molar-refractivity contribution in [2.75, 3.05) is 46.0 Å². The zero-order chi connectivity index (χ0) is 17.3. The minimum atomic E-state index is 0. The molecule has 0 bridgehead atoms. The Labute approximate surface area is 174 Å². The fraction of sp³-hybridized carbons (Fsp3) is 0.429. The van der Waals surface area contributed by atoms with Crippen LogP contribution >= 0.6 is 24.8 Å². The van der Waals surface area contributed by atoms with Crippen molar-refractivity contribution in [3.05, 3.63) is 54.6 Å². The second-order valence-corrected chi connectivity index (χ2v) is 6.35. The summed E-state index contributed by atoms with van der Waals surface area (Å²) in [5, 5.41) is 6.09. The van der Waals surface area contributed by atoms with Gasteiger partial charge in [0.25, 0.3) is 0 Å². The fourth-order valence-corrected chi connectivity index (χ4v) is 3.25. The Morgan fingerprint density at radius 1 is 1.11 bits per heavy atom. The molecule has 0 aromatic heterocycles. The highest BCUT2D eigenvalue weighted by atomic mass is 35.5. The quantitative estimate of drug-likeness (QED) is 0.497. The van der Waals surface area contributed by atoms with E-state index < -0.39 is 0 Å². The van der Waals surface area contributed by atoms with Gasteiger partial charge in [0.05, 0.1) is 13.2 Å². The van der Waals surface area contributed by atoms with Crippen molar-refractivity contribution in [3.8, 4) is 5.75 Å². The molecule has 4 nitrogen and oxygen atoms in total. The van der Waals surface area contributed by atoms with Crippen molar-refractivity contribution in [1.82, 2.24) is 10.2 Å². The van der Waals surface area contributed by atoms with Gasteiger partial charge in [0.15, 0.2) is 0 Å². The van der Waals surface area contributed by atoms with Gasteiger partial charge in [0.2, 0.25) is 0 Å². The van der Waals surface area contributed by atoms with Crippen LogP contribution in [0, 0.1) is 0 Å². The molecule has 1 fully saturated rings. The van der Waals surface area contributed by atoms with Crippen LogP contribution in [0.3, 0.4) is 0 Å². The summed E-state index contributed by atoms with van der Waals surface area (Å²) in [5.41, 5.74) is 1.23. The molecule has 1 aliphatic heterocycles. The molecule has 2 aromatic rings. The predicted octanol–water partition coefficient (Wildman–Crippen LogP) is 4.06. The molecule has 1 aliphatic rings. The average molecular weight is 413 g/mol.